The second-order valence-corrected chi connectivity index (χ2v) is 8.04. The molecular weight excluding hydrogens is 406 g/mol. The van der Waals surface area contributed by atoms with E-state index in [9.17, 15) is 9.59 Å². The van der Waals surface area contributed by atoms with Gasteiger partial charge in [-0.3, -0.25) is 9.59 Å². The molecule has 5 rings (SSSR count). The van der Waals surface area contributed by atoms with Crippen LogP contribution in [0.3, 0.4) is 0 Å². The van der Waals surface area contributed by atoms with Crippen molar-refractivity contribution in [2.75, 3.05) is 37.6 Å². The third kappa shape index (κ3) is 4.05. The first-order chi connectivity index (χ1) is 15.7. The summed E-state index contributed by atoms with van der Waals surface area (Å²) in [7, 11) is 0. The van der Waals surface area contributed by atoms with Crippen LogP contribution >= 0.6 is 0 Å². The lowest BCUT2D eigenvalue weighted by Crippen LogP contribution is -2.39. The average molecular weight is 432 g/mol. The number of carbonyl (C=O) groups is 2. The van der Waals surface area contributed by atoms with Gasteiger partial charge < -0.3 is 19.3 Å². The van der Waals surface area contributed by atoms with E-state index in [1.54, 1.807) is 34.1 Å². The molecule has 2 aromatic heterocycles. The summed E-state index contributed by atoms with van der Waals surface area (Å²) in [5.41, 5.74) is 1.41. The second kappa shape index (κ2) is 8.78. The Labute approximate surface area is 186 Å². The highest BCUT2D eigenvalue weighted by molar-refractivity contribution is 5.96. The summed E-state index contributed by atoms with van der Waals surface area (Å²) in [6.45, 7) is 4.42. The number of hydrogen-bond acceptors (Lipinski definition) is 6. The van der Waals surface area contributed by atoms with Gasteiger partial charge in [0, 0.05) is 64.4 Å². The molecule has 0 aliphatic carbocycles. The van der Waals surface area contributed by atoms with Crippen molar-refractivity contribution in [1.29, 1.82) is 0 Å². The summed E-state index contributed by atoms with van der Waals surface area (Å²) in [6.07, 6.45) is 5.99. The highest BCUT2D eigenvalue weighted by atomic mass is 16.2. The van der Waals surface area contributed by atoms with E-state index in [0.717, 1.165) is 18.5 Å². The fourth-order valence-electron chi connectivity index (χ4n) is 4.22. The normalized spacial score (nSPS) is 16.6. The molecule has 0 bridgehead atoms. The molecule has 164 valence electrons. The van der Waals surface area contributed by atoms with E-state index in [2.05, 4.69) is 19.9 Å². The third-order valence-electron chi connectivity index (χ3n) is 5.92. The van der Waals surface area contributed by atoms with E-state index in [4.69, 9.17) is 0 Å². The van der Waals surface area contributed by atoms with Crippen LogP contribution in [0, 0.1) is 0 Å². The summed E-state index contributed by atoms with van der Waals surface area (Å²) in [5.74, 6) is 0.751. The zero-order valence-electron chi connectivity index (χ0n) is 17.8. The fraction of sp³-hybridized carbons (Fsp3) is 0.348. The number of aromatic nitrogens is 4. The topological polar surface area (TPSA) is 87.5 Å². The monoisotopic (exact) mass is 431 g/mol. The number of anilines is 1. The molecule has 4 heterocycles. The van der Waals surface area contributed by atoms with Crippen molar-refractivity contribution in [3.63, 3.8) is 0 Å². The van der Waals surface area contributed by atoms with Gasteiger partial charge in [0.15, 0.2) is 5.82 Å². The third-order valence-corrected chi connectivity index (χ3v) is 5.92. The number of amides is 2. The molecule has 0 atom stereocenters. The number of nitrogens with zero attached hydrogens (tertiary/aromatic N) is 7. The van der Waals surface area contributed by atoms with Crippen LogP contribution in [0.5, 0.6) is 0 Å². The van der Waals surface area contributed by atoms with Crippen LogP contribution in [0.15, 0.2) is 55.0 Å². The number of fused-ring (bicyclic) bond motifs is 1. The van der Waals surface area contributed by atoms with Crippen molar-refractivity contribution in [2.24, 2.45) is 0 Å². The van der Waals surface area contributed by atoms with Gasteiger partial charge in [-0.1, -0.05) is 30.3 Å². The summed E-state index contributed by atoms with van der Waals surface area (Å²) in [4.78, 5) is 44.9. The molecule has 0 unspecified atom stereocenters. The maximum absolute atomic E-state index is 13.2. The van der Waals surface area contributed by atoms with Crippen LogP contribution in [-0.4, -0.2) is 73.9 Å². The van der Waals surface area contributed by atoms with Crippen LogP contribution in [0.25, 0.3) is 0 Å². The van der Waals surface area contributed by atoms with Gasteiger partial charge in [0.2, 0.25) is 5.95 Å². The Morgan fingerprint density at radius 2 is 1.72 bits per heavy atom. The highest BCUT2D eigenvalue weighted by Crippen LogP contribution is 2.18. The maximum atomic E-state index is 13.2. The number of hydrogen-bond donors (Lipinski definition) is 0. The minimum atomic E-state index is -0.137. The fourth-order valence-corrected chi connectivity index (χ4v) is 4.22. The van der Waals surface area contributed by atoms with Gasteiger partial charge in [0.1, 0.15) is 5.69 Å². The Morgan fingerprint density at radius 3 is 2.53 bits per heavy atom. The van der Waals surface area contributed by atoms with Crippen LogP contribution in [-0.2, 0) is 13.1 Å². The Balaban J connectivity index is 1.27. The van der Waals surface area contributed by atoms with Gasteiger partial charge in [-0.05, 0) is 18.1 Å². The molecule has 0 radical (unpaired) electrons. The van der Waals surface area contributed by atoms with Gasteiger partial charge >= 0.3 is 0 Å². The quantitative estimate of drug-likeness (QED) is 0.625. The molecule has 2 aliphatic rings. The molecule has 9 nitrogen and oxygen atoms in total. The van der Waals surface area contributed by atoms with Gasteiger partial charge in [0.25, 0.3) is 11.8 Å². The Kier molecular flexibility index (Phi) is 5.53. The number of imidazole rings is 1. The van der Waals surface area contributed by atoms with Crippen molar-refractivity contribution in [1.82, 2.24) is 29.3 Å². The van der Waals surface area contributed by atoms with Crippen molar-refractivity contribution in [3.8, 4) is 0 Å². The number of rotatable bonds is 4. The molecule has 2 amide bonds. The number of carbonyl (C=O) groups excluding carboxylic acids is 2. The van der Waals surface area contributed by atoms with Crippen LogP contribution < -0.4 is 4.90 Å². The summed E-state index contributed by atoms with van der Waals surface area (Å²) in [5, 5.41) is 0. The molecule has 32 heavy (non-hydrogen) atoms. The number of benzene rings is 1. The van der Waals surface area contributed by atoms with E-state index < -0.39 is 0 Å². The van der Waals surface area contributed by atoms with Gasteiger partial charge in [-0.25, -0.2) is 15.0 Å². The summed E-state index contributed by atoms with van der Waals surface area (Å²) in [6, 6.07) is 11.7. The minimum Gasteiger partial charge on any atom is -0.339 e. The second-order valence-electron chi connectivity index (χ2n) is 8.04. The van der Waals surface area contributed by atoms with Crippen LogP contribution in [0.1, 0.15) is 33.1 Å². The molecule has 1 aromatic carbocycles. The molecular formula is C23H25N7O2. The molecule has 9 heteroatoms. The van der Waals surface area contributed by atoms with Crippen LogP contribution in [0.4, 0.5) is 5.95 Å². The van der Waals surface area contributed by atoms with Gasteiger partial charge in [-0.2, -0.15) is 0 Å². The first-order valence-electron chi connectivity index (χ1n) is 10.9. The average Bonchev–Trinajstić information content (AvgIpc) is 3.12. The van der Waals surface area contributed by atoms with E-state index in [1.165, 1.54) is 0 Å². The lowest BCUT2D eigenvalue weighted by molar-refractivity contribution is 0.0683. The van der Waals surface area contributed by atoms with E-state index in [1.807, 2.05) is 35.2 Å². The van der Waals surface area contributed by atoms with E-state index >= 15 is 0 Å². The van der Waals surface area contributed by atoms with Crippen molar-refractivity contribution in [2.45, 2.75) is 19.5 Å². The molecule has 1 fully saturated rings. The molecule has 0 saturated carbocycles. The van der Waals surface area contributed by atoms with E-state index in [-0.39, 0.29) is 11.8 Å². The zero-order chi connectivity index (χ0) is 21.9. The minimum absolute atomic E-state index is 0.134. The van der Waals surface area contributed by atoms with Crippen molar-refractivity contribution in [3.05, 3.63) is 72.1 Å². The Morgan fingerprint density at radius 1 is 0.906 bits per heavy atom. The highest BCUT2D eigenvalue weighted by Gasteiger charge is 2.30. The summed E-state index contributed by atoms with van der Waals surface area (Å²) >= 11 is 0. The lowest BCUT2D eigenvalue weighted by Gasteiger charge is -2.27. The predicted molar refractivity (Wildman–Crippen MR) is 118 cm³/mol. The Bertz CT molecular complexity index is 1100. The van der Waals surface area contributed by atoms with E-state index in [0.29, 0.717) is 56.7 Å². The maximum Gasteiger partial charge on any atom is 0.290 e. The smallest absolute Gasteiger partial charge is 0.290 e. The lowest BCUT2D eigenvalue weighted by atomic mass is 10.2. The largest absolute Gasteiger partial charge is 0.339 e. The molecule has 1 saturated heterocycles. The first-order valence-corrected chi connectivity index (χ1v) is 10.9. The Hall–Kier alpha value is -3.75. The first kappa shape index (κ1) is 20.2. The van der Waals surface area contributed by atoms with Crippen molar-refractivity contribution < 1.29 is 9.59 Å². The standard InChI is InChI=1S/C23H25N7O2/c31-21(27-10-5-11-28(13-12-27)23-24-8-4-9-25-23)19-17-29-14-15-30(22(32)20(29)26-19)16-18-6-2-1-3-7-18/h1-4,6-9,17H,5,10-16H2. The van der Waals surface area contributed by atoms with Gasteiger partial charge in [0.05, 0.1) is 0 Å². The summed E-state index contributed by atoms with van der Waals surface area (Å²) < 4.78 is 1.80. The molecule has 0 spiro atoms. The molecule has 0 N–H and O–H groups in total. The molecule has 2 aliphatic heterocycles. The zero-order valence-corrected chi connectivity index (χ0v) is 17.8. The molecule has 3 aromatic rings. The van der Waals surface area contributed by atoms with Crippen molar-refractivity contribution >= 4 is 17.8 Å². The van der Waals surface area contributed by atoms with Gasteiger partial charge in [-0.15, -0.1) is 0 Å². The van der Waals surface area contributed by atoms with Crippen LogP contribution in [0.2, 0.25) is 0 Å². The predicted octanol–water partition coefficient (Wildman–Crippen LogP) is 1.68. The SMILES string of the molecule is O=C(c1cn2c(n1)C(=O)N(Cc1ccccc1)CC2)N1CCCN(c2ncccn2)CC1.